The number of benzene rings is 3. The molecule has 1 aromatic heterocycles. The number of ether oxygens (including phenoxy) is 1. The predicted molar refractivity (Wildman–Crippen MR) is 135 cm³/mol. The predicted octanol–water partition coefficient (Wildman–Crippen LogP) is 4.83. The lowest BCUT2D eigenvalue weighted by Crippen LogP contribution is -2.46. The van der Waals surface area contributed by atoms with E-state index in [9.17, 15) is 0 Å². The number of anilines is 1. The highest BCUT2D eigenvalue weighted by molar-refractivity contribution is 5.80. The van der Waals surface area contributed by atoms with E-state index in [2.05, 4.69) is 93.2 Å². The molecule has 0 atom stereocenters. The van der Waals surface area contributed by atoms with Crippen LogP contribution in [-0.4, -0.2) is 60.9 Å². The number of imidazole rings is 1. The number of fused-ring (bicyclic) bond motifs is 1. The fraction of sp³-hybridized carbons (Fsp3) is 0.321. The lowest BCUT2D eigenvalue weighted by atomic mass is 9.98. The summed E-state index contributed by atoms with van der Waals surface area (Å²) in [6, 6.07) is 28.2. The van der Waals surface area contributed by atoms with E-state index < -0.39 is 0 Å². The Bertz CT molecular complexity index is 1110. The van der Waals surface area contributed by atoms with Crippen LogP contribution in [0.1, 0.15) is 23.6 Å². The second kappa shape index (κ2) is 10.2. The Morgan fingerprint density at radius 3 is 2.15 bits per heavy atom. The summed E-state index contributed by atoms with van der Waals surface area (Å²) >= 11 is 0. The lowest BCUT2D eigenvalue weighted by Gasteiger charge is -2.36. The molecule has 1 aliphatic heterocycles. The van der Waals surface area contributed by atoms with Gasteiger partial charge in [0.1, 0.15) is 0 Å². The van der Waals surface area contributed by atoms with Crippen LogP contribution in [0.2, 0.25) is 0 Å². The van der Waals surface area contributed by atoms with Gasteiger partial charge in [0.2, 0.25) is 0 Å². The van der Waals surface area contributed by atoms with E-state index in [1.807, 2.05) is 6.33 Å². The molecular formula is C28H32N4O. The zero-order chi connectivity index (χ0) is 22.5. The monoisotopic (exact) mass is 440 g/mol. The van der Waals surface area contributed by atoms with Crippen LogP contribution in [0.3, 0.4) is 0 Å². The second-order valence-corrected chi connectivity index (χ2v) is 8.72. The van der Waals surface area contributed by atoms with Gasteiger partial charge < -0.3 is 14.2 Å². The van der Waals surface area contributed by atoms with Gasteiger partial charge in [0.15, 0.2) is 0 Å². The highest BCUT2D eigenvalue weighted by Gasteiger charge is 2.21. The van der Waals surface area contributed by atoms with E-state index in [4.69, 9.17) is 9.72 Å². The summed E-state index contributed by atoms with van der Waals surface area (Å²) in [4.78, 5) is 9.80. The zero-order valence-corrected chi connectivity index (χ0v) is 19.3. The molecule has 0 aliphatic carbocycles. The van der Waals surface area contributed by atoms with Gasteiger partial charge in [-0.15, -0.1) is 0 Å². The van der Waals surface area contributed by atoms with E-state index >= 15 is 0 Å². The van der Waals surface area contributed by atoms with Crippen LogP contribution in [0.15, 0.2) is 85.2 Å². The number of hydrogen-bond acceptors (Lipinski definition) is 4. The maximum atomic E-state index is 5.21. The van der Waals surface area contributed by atoms with E-state index in [0.29, 0.717) is 0 Å². The third kappa shape index (κ3) is 4.80. The number of aromatic nitrogens is 2. The van der Waals surface area contributed by atoms with Gasteiger partial charge in [-0.05, 0) is 35.7 Å². The molecule has 1 aliphatic rings. The summed E-state index contributed by atoms with van der Waals surface area (Å²) in [5, 5.41) is 0. The lowest BCUT2D eigenvalue weighted by molar-refractivity contribution is 0.169. The van der Waals surface area contributed by atoms with Gasteiger partial charge in [0.05, 0.1) is 23.4 Å². The zero-order valence-electron chi connectivity index (χ0n) is 19.3. The quantitative estimate of drug-likeness (QED) is 0.368. The van der Waals surface area contributed by atoms with Crippen molar-refractivity contribution in [1.29, 1.82) is 0 Å². The van der Waals surface area contributed by atoms with Crippen molar-refractivity contribution >= 4 is 16.7 Å². The summed E-state index contributed by atoms with van der Waals surface area (Å²) < 4.78 is 7.53. The summed E-state index contributed by atoms with van der Waals surface area (Å²) in [5.41, 5.74) is 6.01. The smallest absolute Gasteiger partial charge is 0.0966 e. The molecule has 170 valence electrons. The molecule has 0 radical (unpaired) electrons. The normalized spacial score (nSPS) is 14.9. The van der Waals surface area contributed by atoms with E-state index in [1.165, 1.54) is 22.3 Å². The minimum atomic E-state index is 0.0882. The molecule has 5 nitrogen and oxygen atoms in total. The molecule has 0 bridgehead atoms. The fourth-order valence-electron chi connectivity index (χ4n) is 4.86. The van der Waals surface area contributed by atoms with Gasteiger partial charge in [-0.3, -0.25) is 4.90 Å². The molecule has 0 saturated carbocycles. The van der Waals surface area contributed by atoms with Crippen molar-refractivity contribution in [1.82, 2.24) is 14.5 Å². The Kier molecular flexibility index (Phi) is 6.70. The molecule has 5 heteroatoms. The average Bonchev–Trinajstić information content (AvgIpc) is 3.29. The minimum absolute atomic E-state index is 0.0882. The summed E-state index contributed by atoms with van der Waals surface area (Å²) in [6.07, 6.45) is 3.09. The first kappa shape index (κ1) is 21.7. The van der Waals surface area contributed by atoms with Crippen LogP contribution < -0.4 is 4.90 Å². The van der Waals surface area contributed by atoms with Crippen molar-refractivity contribution in [2.45, 2.75) is 12.5 Å². The van der Waals surface area contributed by atoms with Crippen LogP contribution in [0.4, 0.5) is 5.69 Å². The van der Waals surface area contributed by atoms with Crippen molar-refractivity contribution in [2.75, 3.05) is 51.3 Å². The van der Waals surface area contributed by atoms with Crippen LogP contribution in [0, 0.1) is 0 Å². The van der Waals surface area contributed by atoms with Crippen LogP contribution in [0.5, 0.6) is 0 Å². The van der Waals surface area contributed by atoms with E-state index in [1.54, 1.807) is 7.11 Å². The second-order valence-electron chi connectivity index (χ2n) is 8.72. The van der Waals surface area contributed by atoms with Gasteiger partial charge in [-0.1, -0.05) is 60.7 Å². The number of nitrogens with zero attached hydrogens (tertiary/aromatic N) is 4. The first-order valence-electron chi connectivity index (χ1n) is 11.9. The summed E-state index contributed by atoms with van der Waals surface area (Å²) in [5.74, 6) is 0. The first-order valence-corrected chi connectivity index (χ1v) is 11.9. The maximum Gasteiger partial charge on any atom is 0.0966 e. The standard InChI is InChI=1S/C28H32N4O/c1-33-20-8-15-30-16-18-31(19-17-30)25-13-14-26-27(21-25)32(22-29-26)28(23-9-4-2-5-10-23)24-11-6-3-7-12-24/h2-7,9-14,21-22,28H,8,15-20H2,1H3. The van der Waals surface area contributed by atoms with E-state index in [-0.39, 0.29) is 6.04 Å². The Morgan fingerprint density at radius 2 is 1.52 bits per heavy atom. The molecule has 33 heavy (non-hydrogen) atoms. The van der Waals surface area contributed by atoms with Crippen molar-refractivity contribution in [3.63, 3.8) is 0 Å². The van der Waals surface area contributed by atoms with Crippen LogP contribution >= 0.6 is 0 Å². The van der Waals surface area contributed by atoms with Crippen LogP contribution in [-0.2, 0) is 4.74 Å². The molecule has 5 rings (SSSR count). The molecule has 3 aromatic carbocycles. The number of methoxy groups -OCH3 is 1. The molecule has 0 spiro atoms. The van der Waals surface area contributed by atoms with Gasteiger partial charge >= 0.3 is 0 Å². The number of piperazine rings is 1. The fourth-order valence-corrected chi connectivity index (χ4v) is 4.86. The molecule has 0 N–H and O–H groups in total. The summed E-state index contributed by atoms with van der Waals surface area (Å²) in [7, 11) is 1.78. The number of rotatable bonds is 8. The molecule has 0 amide bonds. The molecule has 2 heterocycles. The van der Waals surface area contributed by atoms with Gasteiger partial charge in [0, 0.05) is 52.1 Å². The third-order valence-corrected chi connectivity index (χ3v) is 6.63. The first-order chi connectivity index (χ1) is 16.3. The SMILES string of the molecule is COCCCN1CCN(c2ccc3ncn(C(c4ccccc4)c4ccccc4)c3c2)CC1. The molecular weight excluding hydrogens is 408 g/mol. The molecule has 4 aromatic rings. The van der Waals surface area contributed by atoms with Gasteiger partial charge in [-0.2, -0.15) is 0 Å². The molecule has 1 fully saturated rings. The highest BCUT2D eigenvalue weighted by Crippen LogP contribution is 2.31. The third-order valence-electron chi connectivity index (χ3n) is 6.63. The molecule has 0 unspecified atom stereocenters. The average molecular weight is 441 g/mol. The highest BCUT2D eigenvalue weighted by atomic mass is 16.5. The van der Waals surface area contributed by atoms with Crippen LogP contribution in [0.25, 0.3) is 11.0 Å². The van der Waals surface area contributed by atoms with Crippen molar-refractivity contribution < 1.29 is 4.74 Å². The van der Waals surface area contributed by atoms with E-state index in [0.717, 1.165) is 51.3 Å². The summed E-state index contributed by atoms with van der Waals surface area (Å²) in [6.45, 7) is 6.24. The number of hydrogen-bond donors (Lipinski definition) is 0. The Morgan fingerprint density at radius 1 is 0.848 bits per heavy atom. The van der Waals surface area contributed by atoms with Gasteiger partial charge in [0.25, 0.3) is 0 Å². The van der Waals surface area contributed by atoms with Crippen molar-refractivity contribution in [3.05, 3.63) is 96.3 Å². The maximum absolute atomic E-state index is 5.21. The Balaban J connectivity index is 1.43. The van der Waals surface area contributed by atoms with Crippen molar-refractivity contribution in [2.24, 2.45) is 0 Å². The Labute approximate surface area is 196 Å². The topological polar surface area (TPSA) is 33.5 Å². The van der Waals surface area contributed by atoms with Gasteiger partial charge in [-0.25, -0.2) is 4.98 Å². The molecule has 1 saturated heterocycles. The van der Waals surface area contributed by atoms with Crippen molar-refractivity contribution in [3.8, 4) is 0 Å². The largest absolute Gasteiger partial charge is 0.385 e. The minimum Gasteiger partial charge on any atom is -0.385 e. The Hall–Kier alpha value is -3.15.